The highest BCUT2D eigenvalue weighted by Gasteiger charge is 2.07. The van der Waals surface area contributed by atoms with Gasteiger partial charge in [0.05, 0.1) is 6.61 Å². The van der Waals surface area contributed by atoms with Gasteiger partial charge in [0.15, 0.2) is 0 Å². The van der Waals surface area contributed by atoms with Crippen LogP contribution in [-0.2, 0) is 0 Å². The van der Waals surface area contributed by atoms with Gasteiger partial charge in [0.25, 0.3) is 0 Å². The second-order valence-electron chi connectivity index (χ2n) is 5.01. The van der Waals surface area contributed by atoms with Crippen LogP contribution in [0.2, 0.25) is 0 Å². The lowest BCUT2D eigenvalue weighted by atomic mass is 10.0. The molecule has 0 aromatic heterocycles. The zero-order chi connectivity index (χ0) is 14.2. The van der Waals surface area contributed by atoms with Crippen LogP contribution in [0, 0.1) is 5.92 Å². The molecule has 2 heteroatoms. The molecule has 2 aromatic carbocycles. The van der Waals surface area contributed by atoms with Crippen LogP contribution in [0.1, 0.15) is 26.2 Å². The van der Waals surface area contributed by atoms with Crippen LogP contribution in [0.4, 0.5) is 0 Å². The zero-order valence-corrected chi connectivity index (χ0v) is 12.6. The van der Waals surface area contributed by atoms with E-state index in [1.165, 1.54) is 23.6 Å². The SMILES string of the molecule is CCCCC(C=CCl)COc1cccc2ccccc12. The summed E-state index contributed by atoms with van der Waals surface area (Å²) in [7, 11) is 0. The van der Waals surface area contributed by atoms with Gasteiger partial charge in [-0.15, -0.1) is 0 Å². The van der Waals surface area contributed by atoms with Gasteiger partial charge in [-0.2, -0.15) is 0 Å². The molecular formula is C18H21ClO. The average Bonchev–Trinajstić information content (AvgIpc) is 2.50. The average molecular weight is 289 g/mol. The highest BCUT2D eigenvalue weighted by molar-refractivity contribution is 6.25. The molecule has 0 aliphatic carbocycles. The predicted octanol–water partition coefficient (Wildman–Crippen LogP) is 5.78. The van der Waals surface area contributed by atoms with Crippen molar-refractivity contribution >= 4 is 22.4 Å². The molecule has 0 amide bonds. The third-order valence-corrected chi connectivity index (χ3v) is 3.62. The summed E-state index contributed by atoms with van der Waals surface area (Å²) in [4.78, 5) is 0. The van der Waals surface area contributed by atoms with E-state index in [4.69, 9.17) is 16.3 Å². The largest absolute Gasteiger partial charge is 0.492 e. The Morgan fingerprint density at radius 2 is 1.95 bits per heavy atom. The van der Waals surface area contributed by atoms with Crippen molar-refractivity contribution < 1.29 is 4.74 Å². The van der Waals surface area contributed by atoms with Gasteiger partial charge >= 0.3 is 0 Å². The number of ether oxygens (including phenoxy) is 1. The van der Waals surface area contributed by atoms with E-state index in [-0.39, 0.29) is 0 Å². The van der Waals surface area contributed by atoms with Gasteiger partial charge in [0.1, 0.15) is 5.75 Å². The molecule has 2 aromatic rings. The number of fused-ring (bicyclic) bond motifs is 1. The van der Waals surface area contributed by atoms with Crippen molar-refractivity contribution in [2.24, 2.45) is 5.92 Å². The Hall–Kier alpha value is -1.47. The van der Waals surface area contributed by atoms with E-state index in [1.54, 1.807) is 5.54 Å². The molecule has 106 valence electrons. The van der Waals surface area contributed by atoms with E-state index < -0.39 is 0 Å². The van der Waals surface area contributed by atoms with Gasteiger partial charge in [0.2, 0.25) is 0 Å². The van der Waals surface area contributed by atoms with Crippen LogP contribution in [0.5, 0.6) is 5.75 Å². The minimum atomic E-state index is 0.381. The van der Waals surface area contributed by atoms with Crippen molar-refractivity contribution in [3.8, 4) is 5.75 Å². The van der Waals surface area contributed by atoms with E-state index in [9.17, 15) is 0 Å². The molecule has 0 radical (unpaired) electrons. The zero-order valence-electron chi connectivity index (χ0n) is 11.9. The van der Waals surface area contributed by atoms with Crippen LogP contribution >= 0.6 is 11.6 Å². The number of hydrogen-bond donors (Lipinski definition) is 0. The molecule has 0 fully saturated rings. The third-order valence-electron chi connectivity index (χ3n) is 3.48. The summed E-state index contributed by atoms with van der Waals surface area (Å²) >= 11 is 5.72. The van der Waals surface area contributed by atoms with Gasteiger partial charge in [-0.25, -0.2) is 0 Å². The lowest BCUT2D eigenvalue weighted by Crippen LogP contribution is -2.10. The quantitative estimate of drug-likeness (QED) is 0.628. The number of rotatable bonds is 7. The minimum Gasteiger partial charge on any atom is -0.492 e. The van der Waals surface area contributed by atoms with Crippen LogP contribution in [0.25, 0.3) is 10.8 Å². The molecule has 2 rings (SSSR count). The van der Waals surface area contributed by atoms with Crippen LogP contribution in [0.15, 0.2) is 54.1 Å². The summed E-state index contributed by atoms with van der Waals surface area (Å²) in [6, 6.07) is 14.5. The second-order valence-corrected chi connectivity index (χ2v) is 5.26. The first-order valence-corrected chi connectivity index (χ1v) is 7.66. The van der Waals surface area contributed by atoms with Crippen molar-refractivity contribution in [2.75, 3.05) is 6.61 Å². The van der Waals surface area contributed by atoms with E-state index >= 15 is 0 Å². The van der Waals surface area contributed by atoms with Crippen molar-refractivity contribution in [3.63, 3.8) is 0 Å². The number of benzene rings is 2. The van der Waals surface area contributed by atoms with Crippen molar-refractivity contribution in [1.29, 1.82) is 0 Å². The monoisotopic (exact) mass is 288 g/mol. The van der Waals surface area contributed by atoms with E-state index in [2.05, 4.69) is 25.1 Å². The lowest BCUT2D eigenvalue weighted by molar-refractivity contribution is 0.269. The van der Waals surface area contributed by atoms with E-state index in [0.29, 0.717) is 12.5 Å². The van der Waals surface area contributed by atoms with Gasteiger partial charge in [-0.05, 0) is 17.9 Å². The van der Waals surface area contributed by atoms with Crippen LogP contribution in [-0.4, -0.2) is 6.61 Å². The molecule has 1 atom stereocenters. The third kappa shape index (κ3) is 4.01. The number of hydrogen-bond acceptors (Lipinski definition) is 1. The maximum Gasteiger partial charge on any atom is 0.127 e. The van der Waals surface area contributed by atoms with Crippen LogP contribution < -0.4 is 4.74 Å². The molecule has 0 aliphatic rings. The fourth-order valence-electron chi connectivity index (χ4n) is 2.32. The molecule has 0 saturated heterocycles. The lowest BCUT2D eigenvalue weighted by Gasteiger charge is -2.15. The Bertz CT molecular complexity index is 557. The second kappa shape index (κ2) is 7.96. The Kier molecular flexibility index (Phi) is 5.94. The normalized spacial score (nSPS) is 12.9. The fourth-order valence-corrected chi connectivity index (χ4v) is 2.53. The molecule has 0 aliphatic heterocycles. The smallest absolute Gasteiger partial charge is 0.127 e. The van der Waals surface area contributed by atoms with Crippen molar-refractivity contribution in [1.82, 2.24) is 0 Å². The Morgan fingerprint density at radius 1 is 1.15 bits per heavy atom. The first-order chi connectivity index (χ1) is 9.85. The molecule has 1 nitrogen and oxygen atoms in total. The summed E-state index contributed by atoms with van der Waals surface area (Å²) in [6.07, 6.45) is 5.54. The van der Waals surface area contributed by atoms with Gasteiger partial charge in [-0.3, -0.25) is 0 Å². The topological polar surface area (TPSA) is 9.23 Å². The summed E-state index contributed by atoms with van der Waals surface area (Å²) in [5.41, 5.74) is 1.60. The van der Waals surface area contributed by atoms with Gasteiger partial charge < -0.3 is 4.74 Å². The molecule has 0 bridgehead atoms. The minimum absolute atomic E-state index is 0.381. The van der Waals surface area contributed by atoms with Crippen molar-refractivity contribution in [2.45, 2.75) is 26.2 Å². The van der Waals surface area contributed by atoms with Crippen LogP contribution in [0.3, 0.4) is 0 Å². The maximum absolute atomic E-state index is 6.02. The highest BCUT2D eigenvalue weighted by atomic mass is 35.5. The summed E-state index contributed by atoms with van der Waals surface area (Å²) in [6.45, 7) is 2.88. The summed E-state index contributed by atoms with van der Waals surface area (Å²) < 4.78 is 6.02. The molecule has 0 heterocycles. The van der Waals surface area contributed by atoms with Gasteiger partial charge in [-0.1, -0.05) is 73.8 Å². The summed E-state index contributed by atoms with van der Waals surface area (Å²) in [5, 5.41) is 2.38. The standard InChI is InChI=1S/C18H21ClO/c1-2-3-7-15(12-13-19)14-20-18-11-6-9-16-8-4-5-10-17(16)18/h4-6,8-13,15H,2-3,7,14H2,1H3. The number of halogens is 1. The molecule has 0 N–H and O–H groups in total. The van der Waals surface area contributed by atoms with E-state index in [0.717, 1.165) is 12.2 Å². The van der Waals surface area contributed by atoms with Gasteiger partial charge in [0, 0.05) is 16.8 Å². The Balaban J connectivity index is 2.07. The Labute approximate surface area is 126 Å². The summed E-state index contributed by atoms with van der Waals surface area (Å²) in [5.74, 6) is 1.33. The first kappa shape index (κ1) is 14.9. The molecule has 0 spiro atoms. The predicted molar refractivity (Wildman–Crippen MR) is 87.5 cm³/mol. The number of unbranched alkanes of at least 4 members (excludes halogenated alkanes) is 1. The fraction of sp³-hybridized carbons (Fsp3) is 0.333. The van der Waals surface area contributed by atoms with E-state index in [1.807, 2.05) is 30.3 Å². The Morgan fingerprint density at radius 3 is 2.75 bits per heavy atom. The highest BCUT2D eigenvalue weighted by Crippen LogP contribution is 2.26. The molecule has 1 unspecified atom stereocenters. The van der Waals surface area contributed by atoms with Crippen molar-refractivity contribution in [3.05, 3.63) is 54.1 Å². The molecular weight excluding hydrogens is 268 g/mol. The first-order valence-electron chi connectivity index (χ1n) is 7.22. The molecule has 0 saturated carbocycles. The maximum atomic E-state index is 6.02. The molecule has 20 heavy (non-hydrogen) atoms.